The fourth-order valence-electron chi connectivity index (χ4n) is 1.92. The smallest absolute Gasteiger partial charge is 0.387 e. The molecule has 0 saturated heterocycles. The van der Waals surface area contributed by atoms with Gasteiger partial charge in [-0.25, -0.2) is 0 Å². The van der Waals surface area contributed by atoms with Gasteiger partial charge in [-0.3, -0.25) is 0 Å². The third-order valence-corrected chi connectivity index (χ3v) is 3.14. The molecule has 0 saturated carbocycles. The van der Waals surface area contributed by atoms with Gasteiger partial charge in [0.05, 0.1) is 6.10 Å². The Morgan fingerprint density at radius 1 is 0.810 bits per heavy atom. The summed E-state index contributed by atoms with van der Waals surface area (Å²) in [5, 5.41) is 9.51. The van der Waals surface area contributed by atoms with Gasteiger partial charge in [-0.15, -0.1) is 0 Å². The number of halogens is 6. The van der Waals surface area contributed by atoms with Crippen molar-refractivity contribution in [2.45, 2.75) is 44.6 Å². The van der Waals surface area contributed by atoms with Crippen molar-refractivity contribution >= 4 is 0 Å². The summed E-state index contributed by atoms with van der Waals surface area (Å²) in [6.45, 7) is 5.56. The summed E-state index contributed by atoms with van der Waals surface area (Å²) in [6, 6.07) is 5.02. The molecule has 1 N–H and O–H groups in total. The molecule has 0 bridgehead atoms. The molecule has 1 aromatic rings. The molecule has 0 fully saturated rings. The topological polar surface area (TPSA) is 20.2 Å². The van der Waals surface area contributed by atoms with Gasteiger partial charge in [0.1, 0.15) is 0 Å². The van der Waals surface area contributed by atoms with E-state index in [9.17, 15) is 31.4 Å². The van der Waals surface area contributed by atoms with Crippen molar-refractivity contribution < 1.29 is 31.4 Å². The van der Waals surface area contributed by atoms with Crippen molar-refractivity contribution in [3.05, 3.63) is 35.4 Å². The van der Waals surface area contributed by atoms with Gasteiger partial charge >= 0.3 is 12.4 Å². The highest BCUT2D eigenvalue weighted by Gasteiger charge is 2.60. The Bertz CT molecular complexity index is 452. The monoisotopic (exact) mass is 314 g/mol. The van der Waals surface area contributed by atoms with E-state index in [1.54, 1.807) is 0 Å². The molecule has 1 nitrogen and oxygen atoms in total. The highest BCUT2D eigenvalue weighted by molar-refractivity contribution is 5.29. The molecule has 0 radical (unpaired) electrons. The summed E-state index contributed by atoms with van der Waals surface area (Å²) in [5.41, 5.74) is 0.0355. The molecule has 1 rings (SSSR count). The number of rotatable bonds is 2. The van der Waals surface area contributed by atoms with Gasteiger partial charge in [-0.05, 0) is 16.5 Å². The SMILES string of the molecule is CC(C)(C)c1ccc(C(O)C(C(F)(F)F)C(F)(F)F)cc1. The molecule has 0 heterocycles. The molecule has 0 aromatic heterocycles. The quantitative estimate of drug-likeness (QED) is 0.781. The summed E-state index contributed by atoms with van der Waals surface area (Å²) in [5.74, 6) is -3.80. The van der Waals surface area contributed by atoms with E-state index in [2.05, 4.69) is 0 Å². The van der Waals surface area contributed by atoms with Crippen LogP contribution in [0.25, 0.3) is 0 Å². The number of hydrogen-bond donors (Lipinski definition) is 1. The number of aliphatic hydroxyl groups excluding tert-OH is 1. The minimum atomic E-state index is -5.57. The van der Waals surface area contributed by atoms with E-state index in [1.807, 2.05) is 20.8 Å². The van der Waals surface area contributed by atoms with E-state index in [4.69, 9.17) is 0 Å². The van der Waals surface area contributed by atoms with Gasteiger partial charge in [0.25, 0.3) is 0 Å². The summed E-state index contributed by atoms with van der Waals surface area (Å²) >= 11 is 0. The van der Waals surface area contributed by atoms with Crippen LogP contribution in [-0.4, -0.2) is 17.5 Å². The molecule has 0 aliphatic carbocycles. The van der Waals surface area contributed by atoms with Gasteiger partial charge in [0.15, 0.2) is 5.92 Å². The van der Waals surface area contributed by atoms with Crippen LogP contribution in [0, 0.1) is 5.92 Å². The Labute approximate surface area is 118 Å². The minimum Gasteiger partial charge on any atom is -0.387 e. The van der Waals surface area contributed by atoms with Crippen LogP contribution in [-0.2, 0) is 5.41 Å². The van der Waals surface area contributed by atoms with Crippen molar-refractivity contribution in [1.29, 1.82) is 0 Å². The van der Waals surface area contributed by atoms with Crippen molar-refractivity contribution in [2.24, 2.45) is 5.92 Å². The Morgan fingerprint density at radius 3 is 1.48 bits per heavy atom. The predicted molar refractivity (Wildman–Crippen MR) is 65.7 cm³/mol. The standard InChI is InChI=1S/C14H16F6O/c1-12(2,3)9-6-4-8(5-7-9)10(21)11(13(15,16)17)14(18,19)20/h4-7,10-11,21H,1-3H3. The Morgan fingerprint density at radius 2 is 1.19 bits per heavy atom. The maximum absolute atomic E-state index is 12.5. The van der Waals surface area contributed by atoms with Gasteiger partial charge in [0.2, 0.25) is 0 Å². The molecule has 0 amide bonds. The highest BCUT2D eigenvalue weighted by Crippen LogP contribution is 2.46. The van der Waals surface area contributed by atoms with Crippen molar-refractivity contribution in [2.75, 3.05) is 0 Å². The second-order valence-electron chi connectivity index (χ2n) is 5.88. The maximum Gasteiger partial charge on any atom is 0.403 e. The molecule has 1 aromatic carbocycles. The van der Waals surface area contributed by atoms with Crippen molar-refractivity contribution in [3.63, 3.8) is 0 Å². The summed E-state index contributed by atoms with van der Waals surface area (Å²) in [4.78, 5) is 0. The lowest BCUT2D eigenvalue weighted by Gasteiger charge is -2.28. The summed E-state index contributed by atoms with van der Waals surface area (Å²) in [7, 11) is 0. The first-order valence-electron chi connectivity index (χ1n) is 6.16. The zero-order valence-electron chi connectivity index (χ0n) is 11.7. The van der Waals surface area contributed by atoms with E-state index in [-0.39, 0.29) is 5.41 Å². The number of benzene rings is 1. The minimum absolute atomic E-state index is 0.295. The number of aliphatic hydroxyl groups is 1. The van der Waals surface area contributed by atoms with Crippen LogP contribution in [0.5, 0.6) is 0 Å². The van der Waals surface area contributed by atoms with Crippen LogP contribution in [0.2, 0.25) is 0 Å². The van der Waals surface area contributed by atoms with E-state index in [0.29, 0.717) is 0 Å². The van der Waals surface area contributed by atoms with Crippen molar-refractivity contribution in [3.8, 4) is 0 Å². The molecule has 1 atom stereocenters. The fraction of sp³-hybridized carbons (Fsp3) is 0.571. The Kier molecular flexibility index (Phi) is 4.68. The summed E-state index contributed by atoms with van der Waals surface area (Å²) < 4.78 is 75.2. The average Bonchev–Trinajstić information content (AvgIpc) is 2.24. The van der Waals surface area contributed by atoms with Gasteiger partial charge in [-0.1, -0.05) is 45.0 Å². The number of hydrogen-bond acceptors (Lipinski definition) is 1. The lowest BCUT2D eigenvalue weighted by atomic mass is 9.85. The molecule has 0 spiro atoms. The molecule has 1 unspecified atom stereocenters. The van der Waals surface area contributed by atoms with E-state index in [0.717, 1.165) is 17.7 Å². The molecular formula is C14H16F6O. The molecule has 7 heteroatoms. The van der Waals surface area contributed by atoms with Crippen molar-refractivity contribution in [1.82, 2.24) is 0 Å². The predicted octanol–water partition coefficient (Wildman–Crippen LogP) is 4.76. The van der Waals surface area contributed by atoms with Crippen LogP contribution >= 0.6 is 0 Å². The lowest BCUT2D eigenvalue weighted by Crippen LogP contribution is -2.40. The zero-order valence-corrected chi connectivity index (χ0v) is 11.7. The molecule has 0 aliphatic rings. The lowest BCUT2D eigenvalue weighted by molar-refractivity contribution is -0.307. The largest absolute Gasteiger partial charge is 0.403 e. The molecule has 0 aliphatic heterocycles. The van der Waals surface area contributed by atoms with Crippen LogP contribution in [0.3, 0.4) is 0 Å². The first kappa shape index (κ1) is 17.8. The molecule has 120 valence electrons. The van der Waals surface area contributed by atoms with Crippen LogP contribution < -0.4 is 0 Å². The fourth-order valence-corrected chi connectivity index (χ4v) is 1.92. The second kappa shape index (κ2) is 5.51. The Balaban J connectivity index is 3.14. The molecular weight excluding hydrogens is 298 g/mol. The van der Waals surface area contributed by atoms with Gasteiger partial charge in [0, 0.05) is 0 Å². The van der Waals surface area contributed by atoms with E-state index >= 15 is 0 Å². The zero-order chi connectivity index (χ0) is 16.6. The van der Waals surface area contributed by atoms with Crippen LogP contribution in [0.1, 0.15) is 38.0 Å². The van der Waals surface area contributed by atoms with Crippen LogP contribution in [0.15, 0.2) is 24.3 Å². The Hall–Kier alpha value is -1.24. The normalized spacial score (nSPS) is 15.4. The average molecular weight is 314 g/mol. The first-order valence-corrected chi connectivity index (χ1v) is 6.16. The van der Waals surface area contributed by atoms with Crippen LogP contribution in [0.4, 0.5) is 26.3 Å². The third kappa shape index (κ3) is 4.36. The first-order chi connectivity index (χ1) is 9.24. The summed E-state index contributed by atoms with van der Waals surface area (Å²) in [6.07, 6.45) is -13.8. The second-order valence-corrected chi connectivity index (χ2v) is 5.88. The van der Waals surface area contributed by atoms with E-state index in [1.165, 1.54) is 12.1 Å². The van der Waals surface area contributed by atoms with Gasteiger partial charge < -0.3 is 5.11 Å². The maximum atomic E-state index is 12.5. The van der Waals surface area contributed by atoms with E-state index < -0.39 is 29.9 Å². The van der Waals surface area contributed by atoms with Gasteiger partial charge in [-0.2, -0.15) is 26.3 Å². The third-order valence-electron chi connectivity index (χ3n) is 3.14. The number of alkyl halides is 6. The molecule has 21 heavy (non-hydrogen) atoms. The highest BCUT2D eigenvalue weighted by atomic mass is 19.4.